The first-order valence-corrected chi connectivity index (χ1v) is 4.89. The van der Waals surface area contributed by atoms with E-state index in [0.29, 0.717) is 0 Å². The highest BCUT2D eigenvalue weighted by molar-refractivity contribution is 5.57. The summed E-state index contributed by atoms with van der Waals surface area (Å²) in [4.78, 5) is 0. The van der Waals surface area contributed by atoms with E-state index in [4.69, 9.17) is 11.5 Å². The Bertz CT molecular complexity index is 331. The predicted molar refractivity (Wildman–Crippen MR) is 55.5 cm³/mol. The Morgan fingerprint density at radius 2 is 2.23 bits per heavy atom. The molecule has 0 radical (unpaired) electrons. The first-order chi connectivity index (χ1) is 6.24. The minimum absolute atomic E-state index is 0.216. The third kappa shape index (κ3) is 1.22. The lowest BCUT2D eigenvalue weighted by molar-refractivity contribution is 0.707. The predicted octanol–water partition coefficient (Wildman–Crippen LogP) is 1.78. The summed E-state index contributed by atoms with van der Waals surface area (Å²) in [6.45, 7) is 2.16. The monoisotopic (exact) mass is 176 g/mol. The maximum Gasteiger partial charge on any atom is 0.0350 e. The number of nitrogen functional groups attached to an aromatic ring is 1. The van der Waals surface area contributed by atoms with Crippen molar-refractivity contribution < 1.29 is 0 Å². The van der Waals surface area contributed by atoms with Gasteiger partial charge in [-0.1, -0.05) is 13.0 Å². The maximum absolute atomic E-state index is 6.04. The Morgan fingerprint density at radius 3 is 2.92 bits per heavy atom. The van der Waals surface area contributed by atoms with Gasteiger partial charge in [0.05, 0.1) is 0 Å². The number of aryl methyl sites for hydroxylation is 1. The largest absolute Gasteiger partial charge is 0.398 e. The van der Waals surface area contributed by atoms with E-state index in [9.17, 15) is 0 Å². The Hall–Kier alpha value is -1.02. The summed E-state index contributed by atoms with van der Waals surface area (Å²) < 4.78 is 0. The number of hydrogen-bond donors (Lipinski definition) is 2. The van der Waals surface area contributed by atoms with Crippen molar-refractivity contribution in [1.82, 2.24) is 0 Å². The quantitative estimate of drug-likeness (QED) is 0.641. The van der Waals surface area contributed by atoms with Crippen LogP contribution in [0, 0.1) is 0 Å². The summed E-state index contributed by atoms with van der Waals surface area (Å²) in [6.07, 6.45) is 3.16. The summed E-state index contributed by atoms with van der Waals surface area (Å²) in [7, 11) is 0. The van der Waals surface area contributed by atoms with Crippen molar-refractivity contribution in [1.29, 1.82) is 0 Å². The van der Waals surface area contributed by atoms with E-state index in [0.717, 1.165) is 24.9 Å². The molecule has 1 aliphatic rings. The molecule has 70 valence electrons. The van der Waals surface area contributed by atoms with E-state index in [1.165, 1.54) is 16.7 Å². The van der Waals surface area contributed by atoms with Crippen molar-refractivity contribution in [2.75, 3.05) is 5.73 Å². The molecular weight excluding hydrogens is 160 g/mol. The second kappa shape index (κ2) is 3.04. The first kappa shape index (κ1) is 8.57. The summed E-state index contributed by atoms with van der Waals surface area (Å²) in [6, 6.07) is 4.34. The van der Waals surface area contributed by atoms with E-state index >= 15 is 0 Å². The van der Waals surface area contributed by atoms with Gasteiger partial charge in [-0.25, -0.2) is 0 Å². The molecule has 1 aromatic carbocycles. The molecule has 0 heterocycles. The van der Waals surface area contributed by atoms with Crippen LogP contribution in [0.1, 0.15) is 36.1 Å². The van der Waals surface area contributed by atoms with Crippen LogP contribution in [0.15, 0.2) is 12.1 Å². The Labute approximate surface area is 78.9 Å². The Balaban J connectivity index is 2.60. The average Bonchev–Trinajstić information content (AvgIpc) is 2.51. The zero-order valence-corrected chi connectivity index (χ0v) is 8.01. The molecule has 1 aromatic rings. The summed E-state index contributed by atoms with van der Waals surface area (Å²) in [5.41, 5.74) is 16.8. The van der Waals surface area contributed by atoms with Crippen LogP contribution >= 0.6 is 0 Å². The molecule has 1 aliphatic carbocycles. The summed E-state index contributed by atoms with van der Waals surface area (Å²) >= 11 is 0. The highest BCUT2D eigenvalue weighted by atomic mass is 14.7. The Morgan fingerprint density at radius 1 is 1.46 bits per heavy atom. The van der Waals surface area contributed by atoms with Crippen LogP contribution in [0.3, 0.4) is 0 Å². The van der Waals surface area contributed by atoms with Crippen LogP contribution in [-0.2, 0) is 12.8 Å². The van der Waals surface area contributed by atoms with Crippen molar-refractivity contribution in [3.05, 3.63) is 28.8 Å². The molecule has 0 bridgehead atoms. The third-order valence-corrected chi connectivity index (χ3v) is 2.94. The van der Waals surface area contributed by atoms with Crippen LogP contribution in [0.4, 0.5) is 5.69 Å². The van der Waals surface area contributed by atoms with Crippen molar-refractivity contribution in [3.63, 3.8) is 0 Å². The molecule has 0 aromatic heterocycles. The van der Waals surface area contributed by atoms with Crippen LogP contribution in [0.25, 0.3) is 0 Å². The van der Waals surface area contributed by atoms with Crippen molar-refractivity contribution in [2.24, 2.45) is 5.73 Å². The van der Waals surface area contributed by atoms with E-state index in [1.54, 1.807) is 0 Å². The third-order valence-electron chi connectivity index (χ3n) is 2.94. The van der Waals surface area contributed by atoms with E-state index in [-0.39, 0.29) is 6.04 Å². The molecular formula is C11H16N2. The van der Waals surface area contributed by atoms with Gasteiger partial charge in [-0.3, -0.25) is 0 Å². The fourth-order valence-electron chi connectivity index (χ4n) is 2.22. The molecule has 1 atom stereocenters. The number of benzene rings is 1. The van der Waals surface area contributed by atoms with Gasteiger partial charge < -0.3 is 11.5 Å². The van der Waals surface area contributed by atoms with Gasteiger partial charge in [0.15, 0.2) is 0 Å². The van der Waals surface area contributed by atoms with Crippen LogP contribution in [0.2, 0.25) is 0 Å². The fraction of sp³-hybridized carbons (Fsp3) is 0.455. The maximum atomic E-state index is 6.04. The van der Waals surface area contributed by atoms with Crippen molar-refractivity contribution in [2.45, 2.75) is 32.2 Å². The lowest BCUT2D eigenvalue weighted by Crippen LogP contribution is -2.08. The van der Waals surface area contributed by atoms with Gasteiger partial charge in [0.2, 0.25) is 0 Å². The second-order valence-electron chi connectivity index (χ2n) is 3.70. The molecule has 1 unspecified atom stereocenters. The van der Waals surface area contributed by atoms with Gasteiger partial charge in [0.25, 0.3) is 0 Å². The molecule has 0 saturated carbocycles. The normalized spacial score (nSPS) is 20.3. The topological polar surface area (TPSA) is 52.0 Å². The lowest BCUT2D eigenvalue weighted by atomic mass is 9.98. The van der Waals surface area contributed by atoms with Crippen molar-refractivity contribution >= 4 is 5.69 Å². The molecule has 0 spiro atoms. The minimum Gasteiger partial charge on any atom is -0.398 e. The Kier molecular flexibility index (Phi) is 2.00. The molecule has 13 heavy (non-hydrogen) atoms. The number of fused-ring (bicyclic) bond motifs is 1. The molecule has 0 fully saturated rings. The van der Waals surface area contributed by atoms with Gasteiger partial charge >= 0.3 is 0 Å². The van der Waals surface area contributed by atoms with Gasteiger partial charge in [-0.05, 0) is 42.0 Å². The molecule has 2 nitrogen and oxygen atoms in total. The summed E-state index contributed by atoms with van der Waals surface area (Å²) in [5, 5.41) is 0. The van der Waals surface area contributed by atoms with E-state index in [2.05, 4.69) is 13.0 Å². The van der Waals surface area contributed by atoms with Gasteiger partial charge in [-0.2, -0.15) is 0 Å². The number of hydrogen-bond acceptors (Lipinski definition) is 2. The minimum atomic E-state index is 0.216. The fourth-order valence-corrected chi connectivity index (χ4v) is 2.22. The highest BCUT2D eigenvalue weighted by Gasteiger charge is 2.23. The molecule has 2 rings (SSSR count). The van der Waals surface area contributed by atoms with Gasteiger partial charge in [-0.15, -0.1) is 0 Å². The SMILES string of the molecule is CCc1ccc(N)c2c1C(N)CC2. The van der Waals surface area contributed by atoms with Crippen molar-refractivity contribution in [3.8, 4) is 0 Å². The van der Waals surface area contributed by atoms with Crippen LogP contribution < -0.4 is 11.5 Å². The van der Waals surface area contributed by atoms with Gasteiger partial charge in [0.1, 0.15) is 0 Å². The number of anilines is 1. The van der Waals surface area contributed by atoms with Crippen LogP contribution in [0.5, 0.6) is 0 Å². The second-order valence-corrected chi connectivity index (χ2v) is 3.70. The lowest BCUT2D eigenvalue weighted by Gasteiger charge is -2.12. The standard InChI is InChI=1S/C11H16N2/c1-2-7-3-5-9(12)8-4-6-10(13)11(7)8/h3,5,10H,2,4,6,12-13H2,1H3. The smallest absolute Gasteiger partial charge is 0.0350 e. The molecule has 0 amide bonds. The summed E-state index contributed by atoms with van der Waals surface area (Å²) in [5.74, 6) is 0. The van der Waals surface area contributed by atoms with Crippen LogP contribution in [-0.4, -0.2) is 0 Å². The number of rotatable bonds is 1. The first-order valence-electron chi connectivity index (χ1n) is 4.89. The van der Waals surface area contributed by atoms with E-state index < -0.39 is 0 Å². The average molecular weight is 176 g/mol. The molecule has 0 aliphatic heterocycles. The number of nitrogens with two attached hydrogens (primary N) is 2. The molecule has 4 N–H and O–H groups in total. The van der Waals surface area contributed by atoms with Gasteiger partial charge in [0, 0.05) is 11.7 Å². The molecule has 0 saturated heterocycles. The van der Waals surface area contributed by atoms with E-state index in [1.807, 2.05) is 6.07 Å². The zero-order valence-electron chi connectivity index (χ0n) is 8.01. The zero-order chi connectivity index (χ0) is 9.42. The highest BCUT2D eigenvalue weighted by Crippen LogP contribution is 2.35. The molecule has 2 heteroatoms.